The molecule has 0 bridgehead atoms. The van der Waals surface area contributed by atoms with Crippen LogP contribution in [0.2, 0.25) is 0 Å². The lowest BCUT2D eigenvalue weighted by Crippen LogP contribution is -2.05. The molecule has 0 spiro atoms. The fourth-order valence-electron chi connectivity index (χ4n) is 1.16. The van der Waals surface area contributed by atoms with Crippen molar-refractivity contribution in [1.29, 1.82) is 0 Å². The fourth-order valence-corrected chi connectivity index (χ4v) is 1.16. The van der Waals surface area contributed by atoms with Crippen LogP contribution in [0, 0.1) is 11.8 Å². The smallest absolute Gasteiger partial charge is 0.339 e. The molecule has 1 rings (SSSR count). The Morgan fingerprint density at radius 2 is 2.18 bits per heavy atom. The van der Waals surface area contributed by atoms with E-state index >= 15 is 0 Å². The molecule has 0 unspecified atom stereocenters. The summed E-state index contributed by atoms with van der Waals surface area (Å²) in [4.78, 5) is 21.7. The number of nitrogen functional groups attached to an aromatic ring is 1. The number of rotatable bonds is 2. The Labute approximate surface area is 98.2 Å². The first-order valence-electron chi connectivity index (χ1n) is 4.73. The molecule has 1 aromatic rings. The highest BCUT2D eigenvalue weighted by atomic mass is 16.5. The second-order valence-electron chi connectivity index (χ2n) is 3.17. The van der Waals surface area contributed by atoms with Crippen LogP contribution in [0.5, 0.6) is 0 Å². The van der Waals surface area contributed by atoms with E-state index in [9.17, 15) is 9.59 Å². The van der Waals surface area contributed by atoms with Crippen LogP contribution in [-0.2, 0) is 9.53 Å². The van der Waals surface area contributed by atoms with Crippen LogP contribution in [0.15, 0.2) is 18.2 Å². The first kappa shape index (κ1) is 12.6. The number of nitrogens with two attached hydrogens (primary N) is 1. The number of carbonyl (C=O) groups excluding carboxylic acids is 1. The minimum Gasteiger partial charge on any atom is -0.481 e. The van der Waals surface area contributed by atoms with Crippen molar-refractivity contribution in [1.82, 2.24) is 0 Å². The van der Waals surface area contributed by atoms with Crippen molar-refractivity contribution in [3.8, 4) is 11.8 Å². The fraction of sp³-hybridized carbons (Fsp3) is 0.167. The molecule has 0 amide bonds. The Kier molecular flexibility index (Phi) is 4.12. The molecule has 0 aromatic heterocycles. The molecule has 0 atom stereocenters. The van der Waals surface area contributed by atoms with E-state index in [1.165, 1.54) is 13.2 Å². The predicted octanol–water partition coefficient (Wildman–Crippen LogP) is 0.882. The van der Waals surface area contributed by atoms with Gasteiger partial charge in [0.15, 0.2) is 0 Å². The van der Waals surface area contributed by atoms with Crippen molar-refractivity contribution >= 4 is 17.6 Å². The van der Waals surface area contributed by atoms with E-state index in [0.29, 0.717) is 11.3 Å². The Hall–Kier alpha value is -2.48. The second kappa shape index (κ2) is 5.56. The maximum atomic E-state index is 11.4. The lowest BCUT2D eigenvalue weighted by molar-refractivity contribution is -0.135. The zero-order valence-corrected chi connectivity index (χ0v) is 9.19. The average Bonchev–Trinajstić information content (AvgIpc) is 2.29. The maximum absolute atomic E-state index is 11.4. The normalized spacial score (nSPS) is 9.00. The molecular weight excluding hydrogens is 222 g/mol. The molecule has 17 heavy (non-hydrogen) atoms. The van der Waals surface area contributed by atoms with Crippen LogP contribution in [0.4, 0.5) is 5.69 Å². The van der Waals surface area contributed by atoms with Gasteiger partial charge in [0.2, 0.25) is 0 Å². The van der Waals surface area contributed by atoms with Gasteiger partial charge < -0.3 is 15.6 Å². The van der Waals surface area contributed by atoms with E-state index in [4.69, 9.17) is 10.8 Å². The number of anilines is 1. The van der Waals surface area contributed by atoms with Crippen LogP contribution < -0.4 is 5.73 Å². The van der Waals surface area contributed by atoms with Gasteiger partial charge in [-0.15, -0.1) is 0 Å². The molecule has 0 aliphatic rings. The molecule has 0 aliphatic heterocycles. The zero-order chi connectivity index (χ0) is 12.8. The summed E-state index contributed by atoms with van der Waals surface area (Å²) in [6, 6.07) is 4.57. The number of carboxylic acid groups (broad SMARTS) is 1. The third kappa shape index (κ3) is 3.54. The SMILES string of the molecule is COC(=O)c1cc(N)ccc1C#CCC(=O)O. The van der Waals surface area contributed by atoms with Crippen LogP contribution in [0.1, 0.15) is 22.3 Å². The van der Waals surface area contributed by atoms with E-state index in [-0.39, 0.29) is 12.0 Å². The van der Waals surface area contributed by atoms with Crippen molar-refractivity contribution in [2.75, 3.05) is 12.8 Å². The van der Waals surface area contributed by atoms with Gasteiger partial charge in [-0.3, -0.25) is 4.79 Å². The summed E-state index contributed by atoms with van der Waals surface area (Å²) >= 11 is 0. The Morgan fingerprint density at radius 1 is 1.47 bits per heavy atom. The van der Waals surface area contributed by atoms with E-state index in [0.717, 1.165) is 0 Å². The maximum Gasteiger partial charge on any atom is 0.339 e. The molecular formula is C12H11NO4. The lowest BCUT2D eigenvalue weighted by atomic mass is 10.1. The van der Waals surface area contributed by atoms with Crippen molar-refractivity contribution < 1.29 is 19.4 Å². The summed E-state index contributed by atoms with van der Waals surface area (Å²) < 4.78 is 4.58. The van der Waals surface area contributed by atoms with Crippen LogP contribution in [0.3, 0.4) is 0 Å². The Morgan fingerprint density at radius 3 is 2.76 bits per heavy atom. The van der Waals surface area contributed by atoms with E-state index in [1.807, 2.05) is 0 Å². The van der Waals surface area contributed by atoms with Crippen LogP contribution in [-0.4, -0.2) is 24.2 Å². The number of benzene rings is 1. The van der Waals surface area contributed by atoms with Crippen molar-refractivity contribution in [2.24, 2.45) is 0 Å². The largest absolute Gasteiger partial charge is 0.481 e. The van der Waals surface area contributed by atoms with Gasteiger partial charge in [0.25, 0.3) is 0 Å². The monoisotopic (exact) mass is 233 g/mol. The topological polar surface area (TPSA) is 89.6 Å². The number of hydrogen-bond acceptors (Lipinski definition) is 4. The number of ether oxygens (including phenoxy) is 1. The molecule has 5 nitrogen and oxygen atoms in total. The molecule has 88 valence electrons. The number of esters is 1. The Balaban J connectivity index is 3.09. The molecule has 1 aromatic carbocycles. The third-order valence-corrected chi connectivity index (χ3v) is 1.91. The van der Waals surface area contributed by atoms with Gasteiger partial charge in [-0.2, -0.15) is 0 Å². The average molecular weight is 233 g/mol. The van der Waals surface area contributed by atoms with E-state index in [1.54, 1.807) is 12.1 Å². The summed E-state index contributed by atoms with van der Waals surface area (Å²) in [6.07, 6.45) is -0.287. The minimum atomic E-state index is -1.02. The lowest BCUT2D eigenvalue weighted by Gasteiger charge is -2.03. The van der Waals surface area contributed by atoms with Gasteiger partial charge in [-0.05, 0) is 18.2 Å². The highest BCUT2D eigenvalue weighted by Crippen LogP contribution is 2.13. The molecule has 0 heterocycles. The number of carbonyl (C=O) groups is 2. The zero-order valence-electron chi connectivity index (χ0n) is 9.19. The summed E-state index contributed by atoms with van der Waals surface area (Å²) in [5.74, 6) is 3.46. The number of hydrogen-bond donors (Lipinski definition) is 2. The van der Waals surface area contributed by atoms with Gasteiger partial charge >= 0.3 is 11.9 Å². The first-order valence-corrected chi connectivity index (χ1v) is 4.73. The van der Waals surface area contributed by atoms with Gasteiger partial charge in [0.1, 0.15) is 6.42 Å². The highest BCUT2D eigenvalue weighted by Gasteiger charge is 2.10. The number of methoxy groups -OCH3 is 1. The van der Waals surface area contributed by atoms with Gasteiger partial charge in [-0.1, -0.05) is 11.8 Å². The van der Waals surface area contributed by atoms with Gasteiger partial charge in [0, 0.05) is 11.3 Å². The van der Waals surface area contributed by atoms with Gasteiger partial charge in [0.05, 0.1) is 12.7 Å². The van der Waals surface area contributed by atoms with E-state index < -0.39 is 11.9 Å². The van der Waals surface area contributed by atoms with Crippen molar-refractivity contribution in [3.05, 3.63) is 29.3 Å². The molecule has 0 saturated carbocycles. The molecule has 5 heteroatoms. The molecule has 0 radical (unpaired) electrons. The number of carboxylic acids is 1. The number of aliphatic carboxylic acids is 1. The molecule has 0 saturated heterocycles. The van der Waals surface area contributed by atoms with Crippen LogP contribution in [0.25, 0.3) is 0 Å². The molecule has 0 fully saturated rings. The van der Waals surface area contributed by atoms with Crippen molar-refractivity contribution in [3.63, 3.8) is 0 Å². The summed E-state index contributed by atoms with van der Waals surface area (Å²) in [7, 11) is 1.25. The minimum absolute atomic E-state index is 0.227. The summed E-state index contributed by atoms with van der Waals surface area (Å²) in [5, 5.41) is 8.45. The standard InChI is InChI=1S/C12H11NO4/c1-17-12(16)10-7-9(13)6-5-8(10)3-2-4-11(14)15/h5-7H,4,13H2,1H3,(H,14,15). The summed E-state index contributed by atoms with van der Waals surface area (Å²) in [5.41, 5.74) is 6.58. The molecule has 0 aliphatic carbocycles. The van der Waals surface area contributed by atoms with Crippen molar-refractivity contribution in [2.45, 2.75) is 6.42 Å². The van der Waals surface area contributed by atoms with Crippen LogP contribution >= 0.6 is 0 Å². The first-order chi connectivity index (χ1) is 8.04. The second-order valence-corrected chi connectivity index (χ2v) is 3.17. The Bertz CT molecular complexity index is 511. The third-order valence-electron chi connectivity index (χ3n) is 1.91. The predicted molar refractivity (Wildman–Crippen MR) is 61.3 cm³/mol. The highest BCUT2D eigenvalue weighted by molar-refractivity contribution is 5.93. The summed E-state index contributed by atoms with van der Waals surface area (Å²) in [6.45, 7) is 0. The quantitative estimate of drug-likeness (QED) is 0.449. The van der Waals surface area contributed by atoms with Gasteiger partial charge in [-0.25, -0.2) is 4.79 Å². The molecule has 3 N–H and O–H groups in total. The van der Waals surface area contributed by atoms with E-state index in [2.05, 4.69) is 16.6 Å².